The van der Waals surface area contributed by atoms with Crippen molar-refractivity contribution in [1.29, 1.82) is 0 Å². The monoisotopic (exact) mass is 375 g/mol. The van der Waals surface area contributed by atoms with Crippen LogP contribution >= 0.6 is 0 Å². The molecule has 0 spiro atoms. The summed E-state index contributed by atoms with van der Waals surface area (Å²) in [4.78, 5) is 19.5. The second-order valence-electron chi connectivity index (χ2n) is 6.08. The van der Waals surface area contributed by atoms with Crippen molar-refractivity contribution in [3.63, 3.8) is 0 Å². The van der Waals surface area contributed by atoms with Gasteiger partial charge in [-0.25, -0.2) is 14.4 Å². The molecule has 4 aromatic rings. The van der Waals surface area contributed by atoms with Gasteiger partial charge in [-0.05, 0) is 29.9 Å². The summed E-state index contributed by atoms with van der Waals surface area (Å²) in [6.07, 6.45) is 3.45. The average Bonchev–Trinajstić information content (AvgIpc) is 3.23. The maximum Gasteiger partial charge on any atom is 1.00 e. The molecule has 0 bridgehead atoms. The zero-order valence-corrected chi connectivity index (χ0v) is 17.0. The number of non-ortho nitro benzene ring substituents is 1. The number of imidazole rings is 2. The molecule has 1 fully saturated rings. The van der Waals surface area contributed by atoms with E-state index in [1.54, 1.807) is 23.0 Å². The summed E-state index contributed by atoms with van der Waals surface area (Å²) in [7, 11) is 0. The zero-order valence-electron chi connectivity index (χ0n) is 13.9. The first kappa shape index (κ1) is 17.7. The number of rotatable bonds is 3. The molecule has 0 radical (unpaired) electrons. The molecule has 0 aliphatic heterocycles. The number of halogens is 1. The number of hydrogen-bond acceptors (Lipinski definition) is 4. The average molecular weight is 375 g/mol. The van der Waals surface area contributed by atoms with Crippen LogP contribution in [0.25, 0.3) is 28.0 Å². The van der Waals surface area contributed by atoms with E-state index in [1.165, 1.54) is 18.2 Å². The molecule has 124 valence electrons. The normalized spacial score (nSPS) is 13.9. The summed E-state index contributed by atoms with van der Waals surface area (Å²) in [5.74, 6) is 0.0672. The minimum Gasteiger partial charge on any atom is -0.358 e. The number of nitro groups is 1. The van der Waals surface area contributed by atoms with Crippen molar-refractivity contribution in [2.45, 2.75) is 18.9 Å². The van der Waals surface area contributed by atoms with E-state index in [1.807, 2.05) is 4.57 Å². The fraction of sp³-hybridized carbons (Fsp3) is 0.176. The predicted octanol–water partition coefficient (Wildman–Crippen LogP) is 0.562. The van der Waals surface area contributed by atoms with Gasteiger partial charge in [0.1, 0.15) is 6.33 Å². The number of aromatic nitrogens is 4. The maximum absolute atomic E-state index is 14.3. The summed E-state index contributed by atoms with van der Waals surface area (Å²) in [5, 5.41) is 11.1. The first-order valence-electron chi connectivity index (χ1n) is 7.83. The Morgan fingerprint density at radius 2 is 2.08 bits per heavy atom. The Balaban J connectivity index is 0.00000168. The van der Waals surface area contributed by atoms with Gasteiger partial charge in [-0.2, -0.15) is 6.07 Å². The molecule has 2 aromatic heterocycles. The van der Waals surface area contributed by atoms with Crippen molar-refractivity contribution < 1.29 is 60.7 Å². The Bertz CT molecular complexity index is 1160. The molecule has 9 heteroatoms. The third-order valence-corrected chi connectivity index (χ3v) is 4.45. The summed E-state index contributed by atoms with van der Waals surface area (Å²) >= 11 is 0. The second-order valence-corrected chi connectivity index (χ2v) is 6.08. The minimum atomic E-state index is -0.449. The van der Waals surface area contributed by atoms with Crippen LogP contribution in [-0.4, -0.2) is 24.0 Å². The fourth-order valence-electron chi connectivity index (χ4n) is 3.15. The van der Waals surface area contributed by atoms with Gasteiger partial charge < -0.3 is 4.57 Å². The van der Waals surface area contributed by atoms with Crippen molar-refractivity contribution in [2.75, 3.05) is 0 Å². The van der Waals surface area contributed by atoms with Gasteiger partial charge in [0.25, 0.3) is 5.69 Å². The van der Waals surface area contributed by atoms with E-state index in [0.29, 0.717) is 28.0 Å². The van der Waals surface area contributed by atoms with Crippen molar-refractivity contribution in [3.05, 3.63) is 58.7 Å². The number of nitrogens with zero attached hydrogens (tertiary/aromatic N) is 5. The number of fused-ring (bicyclic) bond motifs is 2. The molecule has 1 aliphatic carbocycles. The van der Waals surface area contributed by atoms with Gasteiger partial charge in [-0.1, -0.05) is 0 Å². The van der Waals surface area contributed by atoms with Crippen LogP contribution < -0.4 is 51.4 Å². The zero-order chi connectivity index (χ0) is 17.1. The molecule has 2 heterocycles. The van der Waals surface area contributed by atoms with E-state index < -0.39 is 10.7 Å². The standard InChI is InChI=1S/C17H11FN5O2.K/c18-12-2-1-3-14-16(12)22(10-4-5-10)17(20-14)21-9-19-13-7-6-11(23(24)25)8-15(13)21;/h1,3,6-10H,4-5H2;/q-1;+1. The Morgan fingerprint density at radius 3 is 2.81 bits per heavy atom. The van der Waals surface area contributed by atoms with Crippen LogP contribution in [0, 0.1) is 22.0 Å². The van der Waals surface area contributed by atoms with E-state index >= 15 is 0 Å². The topological polar surface area (TPSA) is 78.8 Å². The van der Waals surface area contributed by atoms with Crippen LogP contribution in [-0.2, 0) is 0 Å². The molecular formula is C17H11FKN5O2. The van der Waals surface area contributed by atoms with E-state index in [-0.39, 0.29) is 63.1 Å². The Hall–Kier alpha value is -1.65. The van der Waals surface area contributed by atoms with Crippen LogP contribution in [0.15, 0.2) is 36.7 Å². The number of benzene rings is 2. The SMILES string of the molecule is O=[N+]([O-])c1ccc2ncn(-c3nc4cc[c-]c(F)c4n3C3CC3)c2c1.[K+]. The van der Waals surface area contributed by atoms with E-state index in [9.17, 15) is 14.5 Å². The van der Waals surface area contributed by atoms with Gasteiger partial charge in [0.2, 0.25) is 5.95 Å². The first-order valence-corrected chi connectivity index (χ1v) is 7.83. The van der Waals surface area contributed by atoms with Crippen LogP contribution in [0.1, 0.15) is 18.9 Å². The van der Waals surface area contributed by atoms with Gasteiger partial charge in [0.05, 0.1) is 16.0 Å². The fourth-order valence-corrected chi connectivity index (χ4v) is 3.15. The molecule has 1 saturated carbocycles. The molecule has 0 saturated heterocycles. The van der Waals surface area contributed by atoms with Gasteiger partial charge in [0.15, 0.2) is 0 Å². The summed E-state index contributed by atoms with van der Waals surface area (Å²) in [6, 6.07) is 10.4. The Morgan fingerprint density at radius 1 is 1.27 bits per heavy atom. The Labute approximate surface area is 189 Å². The number of hydrogen-bond donors (Lipinski definition) is 0. The van der Waals surface area contributed by atoms with Gasteiger partial charge in [-0.15, -0.1) is 12.1 Å². The van der Waals surface area contributed by atoms with E-state index in [2.05, 4.69) is 16.0 Å². The van der Waals surface area contributed by atoms with Crippen molar-refractivity contribution in [1.82, 2.24) is 19.1 Å². The maximum atomic E-state index is 14.3. The molecule has 0 unspecified atom stereocenters. The van der Waals surface area contributed by atoms with Crippen molar-refractivity contribution >= 4 is 27.8 Å². The van der Waals surface area contributed by atoms with Gasteiger partial charge in [-0.3, -0.25) is 14.7 Å². The molecule has 0 atom stereocenters. The van der Waals surface area contributed by atoms with Gasteiger partial charge >= 0.3 is 51.4 Å². The molecule has 26 heavy (non-hydrogen) atoms. The quantitative estimate of drug-likeness (QED) is 0.227. The third kappa shape index (κ3) is 2.71. The largest absolute Gasteiger partial charge is 1.00 e. The van der Waals surface area contributed by atoms with Crippen molar-refractivity contribution in [2.24, 2.45) is 0 Å². The minimum absolute atomic E-state index is 0. The van der Waals surface area contributed by atoms with Gasteiger partial charge in [0, 0.05) is 24.0 Å². The molecule has 5 rings (SSSR count). The summed E-state index contributed by atoms with van der Waals surface area (Å²) < 4.78 is 17.9. The van der Waals surface area contributed by atoms with Crippen LogP contribution in [0.5, 0.6) is 0 Å². The van der Waals surface area contributed by atoms with E-state index in [4.69, 9.17) is 0 Å². The molecule has 0 N–H and O–H groups in total. The third-order valence-electron chi connectivity index (χ3n) is 4.45. The molecule has 1 aliphatic rings. The summed E-state index contributed by atoms with van der Waals surface area (Å²) in [6.45, 7) is 0. The van der Waals surface area contributed by atoms with E-state index in [0.717, 1.165) is 12.8 Å². The molecule has 7 nitrogen and oxygen atoms in total. The summed E-state index contributed by atoms with van der Waals surface area (Å²) in [5.41, 5.74) is 2.10. The first-order chi connectivity index (χ1) is 12.1. The molecular weight excluding hydrogens is 364 g/mol. The number of nitro benzene ring substituents is 1. The Kier molecular flexibility index (Phi) is 4.44. The second kappa shape index (κ2) is 6.50. The molecule has 2 aromatic carbocycles. The smallest absolute Gasteiger partial charge is 0.358 e. The van der Waals surface area contributed by atoms with Crippen LogP contribution in [0.4, 0.5) is 10.1 Å². The van der Waals surface area contributed by atoms with Crippen molar-refractivity contribution in [3.8, 4) is 5.95 Å². The molecule has 0 amide bonds. The van der Waals surface area contributed by atoms with Crippen LogP contribution in [0.3, 0.4) is 0 Å². The predicted molar refractivity (Wildman–Crippen MR) is 88.1 cm³/mol. The van der Waals surface area contributed by atoms with Crippen LogP contribution in [0.2, 0.25) is 0 Å².